The summed E-state index contributed by atoms with van der Waals surface area (Å²) in [6.45, 7) is 4.30. The Balaban J connectivity index is 2.59. The van der Waals surface area contributed by atoms with Gasteiger partial charge in [0.2, 0.25) is 0 Å². The number of nitrogens with zero attached hydrogens (tertiary/aromatic N) is 2. The van der Waals surface area contributed by atoms with Gasteiger partial charge in [-0.15, -0.1) is 0 Å². The fourth-order valence-corrected chi connectivity index (χ4v) is 2.78. The minimum Gasteiger partial charge on any atom is -0.237 e. The van der Waals surface area contributed by atoms with E-state index in [4.69, 9.17) is 5.10 Å². The van der Waals surface area contributed by atoms with E-state index in [9.17, 15) is 0 Å². The molecule has 1 heterocycles. The van der Waals surface area contributed by atoms with E-state index in [2.05, 4.69) is 74.7 Å². The monoisotopic (exact) mass is 370 g/mol. The Hall–Kier alpha value is -0.610. The van der Waals surface area contributed by atoms with Crippen molar-refractivity contribution in [3.05, 3.63) is 45.7 Å². The molecule has 0 aliphatic rings. The molecular formula is C14H16Br2N2. The van der Waals surface area contributed by atoms with Crippen LogP contribution in [-0.4, -0.2) is 9.78 Å². The molecule has 1 aromatic carbocycles. The van der Waals surface area contributed by atoms with Crippen LogP contribution >= 0.6 is 31.9 Å². The van der Waals surface area contributed by atoms with Gasteiger partial charge in [0.15, 0.2) is 0 Å². The van der Waals surface area contributed by atoms with Gasteiger partial charge in [0.05, 0.1) is 11.4 Å². The molecule has 0 amide bonds. The number of aromatic nitrogens is 2. The molecule has 4 heteroatoms. The van der Waals surface area contributed by atoms with E-state index in [1.807, 2.05) is 0 Å². The van der Waals surface area contributed by atoms with Crippen molar-refractivity contribution in [2.45, 2.75) is 32.0 Å². The maximum absolute atomic E-state index is 4.69. The molecule has 0 spiro atoms. The highest BCUT2D eigenvalue weighted by atomic mass is 79.9. The Morgan fingerprint density at radius 1 is 1.17 bits per heavy atom. The topological polar surface area (TPSA) is 17.8 Å². The van der Waals surface area contributed by atoms with E-state index < -0.39 is 0 Å². The molecule has 0 radical (unpaired) electrons. The largest absolute Gasteiger partial charge is 0.237 e. The molecular weight excluding hydrogens is 356 g/mol. The highest BCUT2D eigenvalue weighted by molar-refractivity contribution is 9.10. The second-order valence-electron chi connectivity index (χ2n) is 4.15. The van der Waals surface area contributed by atoms with E-state index in [1.54, 1.807) is 0 Å². The van der Waals surface area contributed by atoms with Crippen LogP contribution in [0.5, 0.6) is 0 Å². The third-order valence-corrected chi connectivity index (χ3v) is 4.08. The van der Waals surface area contributed by atoms with Crippen molar-refractivity contribution in [2.75, 3.05) is 0 Å². The summed E-state index contributed by atoms with van der Waals surface area (Å²) < 4.78 is 3.15. The lowest BCUT2D eigenvalue weighted by Crippen LogP contribution is -2.04. The van der Waals surface area contributed by atoms with Crippen LogP contribution in [0.3, 0.4) is 0 Å². The highest BCUT2D eigenvalue weighted by Gasteiger charge is 2.11. The fourth-order valence-electron chi connectivity index (χ4n) is 1.96. The second kappa shape index (κ2) is 6.02. The Labute approximate surface area is 125 Å². The standard InChI is InChI=1S/C14H16Br2N2/c1-3-12-8-13(4-2)18(17-12)14-7-11(16)6-5-10(14)9-15/h5-8H,3-4,9H2,1-2H3. The van der Waals surface area contributed by atoms with Crippen LogP contribution in [0.25, 0.3) is 5.69 Å². The van der Waals surface area contributed by atoms with E-state index in [0.29, 0.717) is 0 Å². The highest BCUT2D eigenvalue weighted by Crippen LogP contribution is 2.24. The van der Waals surface area contributed by atoms with Crippen molar-refractivity contribution >= 4 is 31.9 Å². The molecule has 0 saturated carbocycles. The lowest BCUT2D eigenvalue weighted by atomic mass is 10.2. The Kier molecular flexibility index (Phi) is 4.62. The smallest absolute Gasteiger partial charge is 0.0700 e. The van der Waals surface area contributed by atoms with Gasteiger partial charge in [0, 0.05) is 15.5 Å². The van der Waals surface area contributed by atoms with Crippen LogP contribution in [0.15, 0.2) is 28.7 Å². The van der Waals surface area contributed by atoms with E-state index in [1.165, 1.54) is 11.3 Å². The van der Waals surface area contributed by atoms with Crippen molar-refractivity contribution < 1.29 is 0 Å². The molecule has 18 heavy (non-hydrogen) atoms. The molecule has 0 fully saturated rings. The predicted octanol–water partition coefficient (Wildman–Crippen LogP) is 4.65. The first-order valence-electron chi connectivity index (χ1n) is 6.12. The van der Waals surface area contributed by atoms with Gasteiger partial charge in [0.1, 0.15) is 0 Å². The van der Waals surface area contributed by atoms with Crippen LogP contribution in [0, 0.1) is 0 Å². The number of aryl methyl sites for hydroxylation is 2. The van der Waals surface area contributed by atoms with Crippen molar-refractivity contribution in [2.24, 2.45) is 0 Å². The van der Waals surface area contributed by atoms with Crippen LogP contribution < -0.4 is 0 Å². The Morgan fingerprint density at radius 2 is 1.94 bits per heavy atom. The summed E-state index contributed by atoms with van der Waals surface area (Å²) >= 11 is 7.08. The normalized spacial score (nSPS) is 10.9. The molecule has 2 aromatic rings. The first-order valence-corrected chi connectivity index (χ1v) is 8.03. The minimum absolute atomic E-state index is 0.833. The van der Waals surface area contributed by atoms with E-state index in [0.717, 1.165) is 34.0 Å². The summed E-state index contributed by atoms with van der Waals surface area (Å²) in [6.07, 6.45) is 1.96. The van der Waals surface area contributed by atoms with Crippen LogP contribution in [0.2, 0.25) is 0 Å². The minimum atomic E-state index is 0.833. The maximum Gasteiger partial charge on any atom is 0.0700 e. The number of alkyl halides is 1. The summed E-state index contributed by atoms with van der Waals surface area (Å²) in [6, 6.07) is 8.51. The first-order chi connectivity index (χ1) is 8.69. The Bertz CT molecular complexity index is 547. The van der Waals surface area contributed by atoms with Gasteiger partial charge in [0.25, 0.3) is 0 Å². The second-order valence-corrected chi connectivity index (χ2v) is 5.63. The third-order valence-electron chi connectivity index (χ3n) is 2.98. The number of benzene rings is 1. The lowest BCUT2D eigenvalue weighted by molar-refractivity contribution is 0.788. The number of rotatable bonds is 4. The number of hydrogen-bond acceptors (Lipinski definition) is 1. The zero-order chi connectivity index (χ0) is 13.1. The summed E-state index contributed by atoms with van der Waals surface area (Å²) in [4.78, 5) is 0. The Morgan fingerprint density at radius 3 is 2.56 bits per heavy atom. The maximum atomic E-state index is 4.69. The first kappa shape index (κ1) is 13.8. The molecule has 0 N–H and O–H groups in total. The summed E-state index contributed by atoms with van der Waals surface area (Å²) in [5.74, 6) is 0. The molecule has 0 unspecified atom stereocenters. The molecule has 0 bridgehead atoms. The summed E-state index contributed by atoms with van der Waals surface area (Å²) in [7, 11) is 0. The van der Waals surface area contributed by atoms with Crippen LogP contribution in [0.4, 0.5) is 0 Å². The quantitative estimate of drug-likeness (QED) is 0.715. The molecule has 1 aromatic heterocycles. The molecule has 0 aliphatic carbocycles. The molecule has 0 saturated heterocycles. The summed E-state index contributed by atoms with van der Waals surface area (Å²) in [5, 5.41) is 5.53. The van der Waals surface area contributed by atoms with Crippen molar-refractivity contribution in [3.63, 3.8) is 0 Å². The number of halogens is 2. The zero-order valence-electron chi connectivity index (χ0n) is 10.6. The SMILES string of the molecule is CCc1cc(CC)n(-c2cc(Br)ccc2CBr)n1. The van der Waals surface area contributed by atoms with Crippen LogP contribution in [-0.2, 0) is 18.2 Å². The number of hydrogen-bond donors (Lipinski definition) is 0. The van der Waals surface area contributed by atoms with Gasteiger partial charge in [-0.3, -0.25) is 0 Å². The molecule has 96 valence electrons. The molecule has 0 atom stereocenters. The van der Waals surface area contributed by atoms with E-state index >= 15 is 0 Å². The van der Waals surface area contributed by atoms with Gasteiger partial charge in [-0.25, -0.2) is 4.68 Å². The lowest BCUT2D eigenvalue weighted by Gasteiger charge is -2.11. The average Bonchev–Trinajstić information content (AvgIpc) is 2.81. The van der Waals surface area contributed by atoms with Gasteiger partial charge in [-0.05, 0) is 36.6 Å². The predicted molar refractivity (Wildman–Crippen MR) is 82.7 cm³/mol. The van der Waals surface area contributed by atoms with Gasteiger partial charge in [-0.2, -0.15) is 5.10 Å². The fraction of sp³-hybridized carbons (Fsp3) is 0.357. The van der Waals surface area contributed by atoms with Gasteiger partial charge < -0.3 is 0 Å². The summed E-state index contributed by atoms with van der Waals surface area (Å²) in [5.41, 5.74) is 4.80. The van der Waals surface area contributed by atoms with E-state index in [-0.39, 0.29) is 0 Å². The zero-order valence-corrected chi connectivity index (χ0v) is 13.8. The van der Waals surface area contributed by atoms with Crippen molar-refractivity contribution in [1.82, 2.24) is 9.78 Å². The average molecular weight is 372 g/mol. The van der Waals surface area contributed by atoms with Crippen molar-refractivity contribution in [1.29, 1.82) is 0 Å². The van der Waals surface area contributed by atoms with Gasteiger partial charge >= 0.3 is 0 Å². The third kappa shape index (κ3) is 2.69. The molecule has 0 aliphatic heterocycles. The molecule has 2 nitrogen and oxygen atoms in total. The molecule has 2 rings (SSSR count). The van der Waals surface area contributed by atoms with Gasteiger partial charge in [-0.1, -0.05) is 51.8 Å². The van der Waals surface area contributed by atoms with Crippen LogP contribution in [0.1, 0.15) is 30.8 Å². The van der Waals surface area contributed by atoms with Crippen molar-refractivity contribution in [3.8, 4) is 5.69 Å².